The van der Waals surface area contributed by atoms with Crippen LogP contribution in [0.15, 0.2) is 18.5 Å². The molecule has 2 rings (SSSR count). The minimum absolute atomic E-state index is 0.733. The van der Waals surface area contributed by atoms with Crippen molar-refractivity contribution in [3.8, 4) is 5.82 Å². The molecule has 2 aromatic heterocycles. The van der Waals surface area contributed by atoms with Gasteiger partial charge in [0.2, 0.25) is 0 Å². The second kappa shape index (κ2) is 5.05. The Kier molecular flexibility index (Phi) is 3.49. The Morgan fingerprint density at radius 2 is 2.12 bits per heavy atom. The molecule has 0 saturated carbocycles. The van der Waals surface area contributed by atoms with E-state index in [0.29, 0.717) is 0 Å². The van der Waals surface area contributed by atoms with Crippen molar-refractivity contribution in [1.29, 1.82) is 0 Å². The van der Waals surface area contributed by atoms with E-state index in [-0.39, 0.29) is 0 Å². The highest BCUT2D eigenvalue weighted by atomic mass is 15.3. The molecule has 0 atom stereocenters. The third-order valence-electron chi connectivity index (χ3n) is 2.45. The summed E-state index contributed by atoms with van der Waals surface area (Å²) in [7, 11) is 0. The van der Waals surface area contributed by atoms with E-state index < -0.39 is 0 Å². The molecule has 0 spiro atoms. The number of aryl methyl sites for hydroxylation is 2. The molecule has 0 aliphatic heterocycles. The van der Waals surface area contributed by atoms with E-state index in [0.717, 1.165) is 36.0 Å². The first-order chi connectivity index (χ1) is 8.20. The number of nitrogens with one attached hydrogen (secondary N) is 1. The van der Waals surface area contributed by atoms with Gasteiger partial charge in [0.15, 0.2) is 5.82 Å². The molecule has 0 aliphatic carbocycles. The Bertz CT molecular complexity index is 503. The van der Waals surface area contributed by atoms with Crippen molar-refractivity contribution < 1.29 is 0 Å². The smallest absolute Gasteiger partial charge is 0.172 e. The molecule has 5 nitrogen and oxygen atoms in total. The molecule has 0 aromatic carbocycles. The minimum Gasteiger partial charge on any atom is -0.311 e. The van der Waals surface area contributed by atoms with Gasteiger partial charge in [-0.15, -0.1) is 0 Å². The maximum Gasteiger partial charge on any atom is 0.172 e. The average molecular weight is 231 g/mol. The van der Waals surface area contributed by atoms with Gasteiger partial charge >= 0.3 is 0 Å². The summed E-state index contributed by atoms with van der Waals surface area (Å²) in [4.78, 5) is 8.73. The molecule has 5 heteroatoms. The summed E-state index contributed by atoms with van der Waals surface area (Å²) in [5.74, 6) is 0.769. The molecule has 0 fully saturated rings. The summed E-state index contributed by atoms with van der Waals surface area (Å²) >= 11 is 0. The van der Waals surface area contributed by atoms with E-state index in [9.17, 15) is 0 Å². The summed E-state index contributed by atoms with van der Waals surface area (Å²) in [5.41, 5.74) is 2.98. The van der Waals surface area contributed by atoms with Crippen LogP contribution in [0.3, 0.4) is 0 Å². The zero-order chi connectivity index (χ0) is 12.3. The van der Waals surface area contributed by atoms with Crippen LogP contribution in [0.1, 0.15) is 24.0 Å². The Labute approximate surface area is 101 Å². The zero-order valence-corrected chi connectivity index (χ0v) is 10.4. The monoisotopic (exact) mass is 231 g/mol. The molecule has 0 radical (unpaired) electrons. The third kappa shape index (κ3) is 2.68. The zero-order valence-electron chi connectivity index (χ0n) is 10.4. The van der Waals surface area contributed by atoms with Crippen LogP contribution in [-0.4, -0.2) is 26.3 Å². The molecule has 90 valence electrons. The highest BCUT2D eigenvalue weighted by molar-refractivity contribution is 5.23. The van der Waals surface area contributed by atoms with Crippen molar-refractivity contribution in [3.63, 3.8) is 0 Å². The summed E-state index contributed by atoms with van der Waals surface area (Å²) in [6.45, 7) is 7.71. The van der Waals surface area contributed by atoms with Crippen molar-refractivity contribution >= 4 is 0 Å². The van der Waals surface area contributed by atoms with Gasteiger partial charge in [-0.1, -0.05) is 6.92 Å². The van der Waals surface area contributed by atoms with Gasteiger partial charge in [0, 0.05) is 18.4 Å². The largest absolute Gasteiger partial charge is 0.311 e. The van der Waals surface area contributed by atoms with Crippen LogP contribution in [0.5, 0.6) is 0 Å². The van der Waals surface area contributed by atoms with Gasteiger partial charge < -0.3 is 5.32 Å². The van der Waals surface area contributed by atoms with Crippen LogP contribution in [0, 0.1) is 13.8 Å². The van der Waals surface area contributed by atoms with Gasteiger partial charge in [-0.2, -0.15) is 5.10 Å². The van der Waals surface area contributed by atoms with Gasteiger partial charge in [0.1, 0.15) is 0 Å². The summed E-state index contributed by atoms with van der Waals surface area (Å²) in [6.07, 6.45) is 3.51. The van der Waals surface area contributed by atoms with Crippen molar-refractivity contribution in [2.45, 2.75) is 27.3 Å². The molecule has 0 amide bonds. The highest BCUT2D eigenvalue weighted by Crippen LogP contribution is 2.08. The van der Waals surface area contributed by atoms with Crippen molar-refractivity contribution in [2.24, 2.45) is 0 Å². The van der Waals surface area contributed by atoms with E-state index in [2.05, 4.69) is 27.3 Å². The molecule has 0 saturated heterocycles. The van der Waals surface area contributed by atoms with Crippen LogP contribution in [0.4, 0.5) is 0 Å². The Morgan fingerprint density at radius 3 is 2.76 bits per heavy atom. The molecule has 0 aliphatic rings. The number of hydrogen-bond acceptors (Lipinski definition) is 4. The fourth-order valence-electron chi connectivity index (χ4n) is 1.70. The van der Waals surface area contributed by atoms with Gasteiger partial charge in [-0.25, -0.2) is 9.67 Å². The molecule has 0 unspecified atom stereocenters. The van der Waals surface area contributed by atoms with Crippen LogP contribution < -0.4 is 5.32 Å². The summed E-state index contributed by atoms with van der Waals surface area (Å²) in [5, 5.41) is 7.63. The predicted octanol–water partition coefficient (Wildman–Crippen LogP) is 1.39. The topological polar surface area (TPSA) is 55.6 Å². The highest BCUT2D eigenvalue weighted by Gasteiger charge is 2.06. The van der Waals surface area contributed by atoms with Crippen molar-refractivity contribution in [2.75, 3.05) is 6.54 Å². The quantitative estimate of drug-likeness (QED) is 0.864. The Balaban J connectivity index is 2.29. The van der Waals surface area contributed by atoms with Crippen molar-refractivity contribution in [3.05, 3.63) is 35.5 Å². The lowest BCUT2D eigenvalue weighted by molar-refractivity contribution is 0.696. The standard InChI is InChI=1S/C12H17N5/c1-4-13-6-11-7-14-8-12(15-11)17-10(3)5-9(2)16-17/h5,7-8,13H,4,6H2,1-3H3. The van der Waals surface area contributed by atoms with E-state index in [4.69, 9.17) is 0 Å². The molecule has 17 heavy (non-hydrogen) atoms. The predicted molar refractivity (Wildman–Crippen MR) is 66.0 cm³/mol. The molecule has 0 bridgehead atoms. The van der Waals surface area contributed by atoms with E-state index in [1.165, 1.54) is 0 Å². The summed E-state index contributed by atoms with van der Waals surface area (Å²) in [6, 6.07) is 2.03. The fourth-order valence-corrected chi connectivity index (χ4v) is 1.70. The second-order valence-electron chi connectivity index (χ2n) is 3.99. The van der Waals surface area contributed by atoms with Crippen LogP contribution in [0.25, 0.3) is 5.82 Å². The lowest BCUT2D eigenvalue weighted by Crippen LogP contribution is -2.14. The van der Waals surface area contributed by atoms with Crippen LogP contribution in [-0.2, 0) is 6.54 Å². The molecular formula is C12H17N5. The molecule has 1 N–H and O–H groups in total. The maximum atomic E-state index is 4.53. The lowest BCUT2D eigenvalue weighted by Gasteiger charge is -2.05. The van der Waals surface area contributed by atoms with Gasteiger partial charge in [0.05, 0.1) is 17.6 Å². The van der Waals surface area contributed by atoms with E-state index in [1.54, 1.807) is 12.4 Å². The van der Waals surface area contributed by atoms with Crippen molar-refractivity contribution in [1.82, 2.24) is 25.1 Å². The average Bonchev–Trinajstić information content (AvgIpc) is 2.66. The number of aromatic nitrogens is 4. The Morgan fingerprint density at radius 1 is 1.29 bits per heavy atom. The first-order valence-corrected chi connectivity index (χ1v) is 5.76. The summed E-state index contributed by atoms with van der Waals surface area (Å²) < 4.78 is 1.82. The fraction of sp³-hybridized carbons (Fsp3) is 0.417. The van der Waals surface area contributed by atoms with Gasteiger partial charge in [0.25, 0.3) is 0 Å². The van der Waals surface area contributed by atoms with Gasteiger partial charge in [-0.3, -0.25) is 4.98 Å². The third-order valence-corrected chi connectivity index (χ3v) is 2.45. The molecule has 2 aromatic rings. The van der Waals surface area contributed by atoms with E-state index in [1.807, 2.05) is 24.6 Å². The first kappa shape index (κ1) is 11.7. The first-order valence-electron chi connectivity index (χ1n) is 5.76. The van der Waals surface area contributed by atoms with Crippen LogP contribution >= 0.6 is 0 Å². The van der Waals surface area contributed by atoms with Crippen LogP contribution in [0.2, 0.25) is 0 Å². The number of nitrogens with zero attached hydrogens (tertiary/aromatic N) is 4. The number of rotatable bonds is 4. The maximum absolute atomic E-state index is 4.53. The van der Waals surface area contributed by atoms with E-state index >= 15 is 0 Å². The Hall–Kier alpha value is -1.75. The molecule has 2 heterocycles. The minimum atomic E-state index is 0.733. The lowest BCUT2D eigenvalue weighted by atomic mass is 10.4. The van der Waals surface area contributed by atoms with Gasteiger partial charge in [-0.05, 0) is 26.5 Å². The second-order valence-corrected chi connectivity index (χ2v) is 3.99. The molecular weight excluding hydrogens is 214 g/mol. The SMILES string of the molecule is CCNCc1cncc(-n2nc(C)cc2C)n1. The normalized spacial score (nSPS) is 10.8. The number of hydrogen-bond donors (Lipinski definition) is 1.